The number of hydrogen-bond acceptors (Lipinski definition) is 5. The number of hydrogen-bond donors (Lipinski definition) is 0. The van der Waals surface area contributed by atoms with Crippen molar-refractivity contribution in [3.8, 4) is 11.5 Å². The molecule has 2 aromatic heterocycles. The molecule has 0 aliphatic carbocycles. The molecule has 0 radical (unpaired) electrons. The summed E-state index contributed by atoms with van der Waals surface area (Å²) in [5.41, 5.74) is 3.92. The summed E-state index contributed by atoms with van der Waals surface area (Å²) in [5.74, 6) is 0.915. The molecule has 0 aliphatic rings. The maximum atomic E-state index is 12.6. The molecule has 0 saturated heterocycles. The SMILES string of the molecule is CCC(CC)COC(=O)n1c(-c2cscn2)nc2ccccc21. The standard InChI is InChI=1S/C17H19N3O2S/c1-3-12(4-2)9-22-17(21)20-15-8-6-5-7-13(15)19-16(20)14-10-23-11-18-14/h5-8,10-12H,3-4,9H2,1-2H3. The van der Waals surface area contributed by atoms with Crippen LogP contribution in [-0.2, 0) is 4.74 Å². The van der Waals surface area contributed by atoms with Crippen LogP contribution in [0.1, 0.15) is 26.7 Å². The highest BCUT2D eigenvalue weighted by molar-refractivity contribution is 7.07. The minimum atomic E-state index is -0.395. The van der Waals surface area contributed by atoms with Crippen LogP contribution in [0.4, 0.5) is 4.79 Å². The summed E-state index contributed by atoms with van der Waals surface area (Å²) in [6.07, 6.45) is 1.59. The molecular weight excluding hydrogens is 310 g/mol. The smallest absolute Gasteiger partial charge is 0.420 e. The van der Waals surface area contributed by atoms with Gasteiger partial charge in [-0.15, -0.1) is 11.3 Å². The summed E-state index contributed by atoms with van der Waals surface area (Å²) < 4.78 is 7.06. The molecule has 0 N–H and O–H groups in total. The van der Waals surface area contributed by atoms with Crippen molar-refractivity contribution < 1.29 is 9.53 Å². The molecule has 0 bridgehead atoms. The van der Waals surface area contributed by atoms with Crippen LogP contribution in [0.3, 0.4) is 0 Å². The molecule has 0 aliphatic heterocycles. The van der Waals surface area contributed by atoms with Crippen molar-refractivity contribution in [1.29, 1.82) is 0 Å². The summed E-state index contributed by atoms with van der Waals surface area (Å²) in [4.78, 5) is 21.5. The van der Waals surface area contributed by atoms with Crippen molar-refractivity contribution >= 4 is 28.5 Å². The Labute approximate surface area is 138 Å². The third kappa shape index (κ3) is 3.12. The van der Waals surface area contributed by atoms with E-state index in [0.717, 1.165) is 23.9 Å². The Balaban J connectivity index is 1.98. The molecule has 2 heterocycles. The molecular formula is C17H19N3O2S. The second-order valence-electron chi connectivity index (χ2n) is 5.39. The van der Waals surface area contributed by atoms with Crippen molar-refractivity contribution in [1.82, 2.24) is 14.5 Å². The lowest BCUT2D eigenvalue weighted by atomic mass is 10.1. The molecule has 0 saturated carbocycles. The van der Waals surface area contributed by atoms with Gasteiger partial charge in [0.05, 0.1) is 23.2 Å². The van der Waals surface area contributed by atoms with E-state index in [0.29, 0.717) is 24.0 Å². The second kappa shape index (κ2) is 6.91. The first kappa shape index (κ1) is 15.7. The van der Waals surface area contributed by atoms with Crippen molar-refractivity contribution in [2.24, 2.45) is 5.92 Å². The number of benzene rings is 1. The summed E-state index contributed by atoms with van der Waals surface area (Å²) in [6, 6.07) is 7.55. The average molecular weight is 329 g/mol. The van der Waals surface area contributed by atoms with Gasteiger partial charge in [-0.3, -0.25) is 0 Å². The zero-order valence-corrected chi connectivity index (χ0v) is 14.0. The van der Waals surface area contributed by atoms with Gasteiger partial charge < -0.3 is 4.74 Å². The van der Waals surface area contributed by atoms with Gasteiger partial charge in [0, 0.05) is 5.38 Å². The van der Waals surface area contributed by atoms with Crippen LogP contribution < -0.4 is 0 Å². The largest absolute Gasteiger partial charge is 0.449 e. The predicted molar refractivity (Wildman–Crippen MR) is 91.7 cm³/mol. The fourth-order valence-corrected chi connectivity index (χ4v) is 3.01. The van der Waals surface area contributed by atoms with Gasteiger partial charge in [-0.05, 0) is 18.1 Å². The lowest BCUT2D eigenvalue weighted by Gasteiger charge is -2.13. The number of rotatable bonds is 5. The molecule has 0 amide bonds. The van der Waals surface area contributed by atoms with Crippen LogP contribution in [0.15, 0.2) is 35.2 Å². The van der Waals surface area contributed by atoms with Gasteiger partial charge >= 0.3 is 6.09 Å². The van der Waals surface area contributed by atoms with E-state index >= 15 is 0 Å². The average Bonchev–Trinajstić information content (AvgIpc) is 3.22. The number of imidazole rings is 1. The molecule has 0 fully saturated rings. The van der Waals surface area contributed by atoms with Gasteiger partial charge in [-0.2, -0.15) is 0 Å². The van der Waals surface area contributed by atoms with E-state index in [4.69, 9.17) is 4.74 Å². The molecule has 3 aromatic rings. The van der Waals surface area contributed by atoms with Gasteiger partial charge in [0.1, 0.15) is 5.69 Å². The van der Waals surface area contributed by atoms with Crippen molar-refractivity contribution in [2.45, 2.75) is 26.7 Å². The fraction of sp³-hybridized carbons (Fsp3) is 0.353. The topological polar surface area (TPSA) is 57.0 Å². The zero-order valence-electron chi connectivity index (χ0n) is 13.2. The Morgan fingerprint density at radius 2 is 2.09 bits per heavy atom. The number of thiazole rings is 1. The van der Waals surface area contributed by atoms with Gasteiger partial charge in [0.25, 0.3) is 0 Å². The van der Waals surface area contributed by atoms with Crippen molar-refractivity contribution in [3.63, 3.8) is 0 Å². The van der Waals surface area contributed by atoms with Crippen LogP contribution in [0.5, 0.6) is 0 Å². The fourth-order valence-electron chi connectivity index (χ4n) is 2.48. The Morgan fingerprint density at radius 3 is 2.78 bits per heavy atom. The Bertz CT molecular complexity index is 791. The first-order chi connectivity index (χ1) is 11.2. The van der Waals surface area contributed by atoms with Crippen LogP contribution in [-0.4, -0.2) is 27.2 Å². The lowest BCUT2D eigenvalue weighted by molar-refractivity contribution is 0.127. The van der Waals surface area contributed by atoms with E-state index in [-0.39, 0.29) is 0 Å². The molecule has 6 heteroatoms. The van der Waals surface area contributed by atoms with E-state index < -0.39 is 6.09 Å². The number of nitrogens with zero attached hydrogens (tertiary/aromatic N) is 3. The number of para-hydroxylation sites is 2. The number of aromatic nitrogens is 3. The van der Waals surface area contributed by atoms with E-state index in [1.165, 1.54) is 15.9 Å². The summed E-state index contributed by atoms with van der Waals surface area (Å²) in [5, 5.41) is 1.88. The first-order valence-electron chi connectivity index (χ1n) is 7.77. The van der Waals surface area contributed by atoms with E-state index in [1.54, 1.807) is 5.51 Å². The van der Waals surface area contributed by atoms with Gasteiger partial charge in [0.2, 0.25) is 0 Å². The molecule has 120 valence electrons. The second-order valence-corrected chi connectivity index (χ2v) is 6.11. The van der Waals surface area contributed by atoms with Crippen molar-refractivity contribution in [2.75, 3.05) is 6.61 Å². The molecule has 23 heavy (non-hydrogen) atoms. The molecule has 0 atom stereocenters. The maximum Gasteiger partial charge on any atom is 0.420 e. The predicted octanol–water partition coefficient (Wildman–Crippen LogP) is 4.58. The summed E-state index contributed by atoms with van der Waals surface area (Å²) in [7, 11) is 0. The third-order valence-electron chi connectivity index (χ3n) is 4.00. The lowest BCUT2D eigenvalue weighted by Crippen LogP contribution is -2.19. The number of carbonyl (C=O) groups is 1. The van der Waals surface area contributed by atoms with Crippen LogP contribution >= 0.6 is 11.3 Å². The number of ether oxygens (including phenoxy) is 1. The van der Waals surface area contributed by atoms with Gasteiger partial charge in [-0.1, -0.05) is 38.8 Å². The highest BCUT2D eigenvalue weighted by Crippen LogP contribution is 2.25. The molecule has 0 unspecified atom stereocenters. The maximum absolute atomic E-state index is 12.6. The van der Waals surface area contributed by atoms with Crippen LogP contribution in [0, 0.1) is 5.92 Å². The normalized spacial score (nSPS) is 11.3. The minimum Gasteiger partial charge on any atom is -0.449 e. The van der Waals surface area contributed by atoms with Crippen LogP contribution in [0.25, 0.3) is 22.6 Å². The van der Waals surface area contributed by atoms with Gasteiger partial charge in [-0.25, -0.2) is 19.3 Å². The molecule has 3 rings (SSSR count). The van der Waals surface area contributed by atoms with Gasteiger partial charge in [0.15, 0.2) is 5.82 Å². The first-order valence-corrected chi connectivity index (χ1v) is 8.72. The monoisotopic (exact) mass is 329 g/mol. The number of carbonyl (C=O) groups excluding carboxylic acids is 1. The Kier molecular flexibility index (Phi) is 4.71. The van der Waals surface area contributed by atoms with E-state index in [2.05, 4.69) is 23.8 Å². The third-order valence-corrected chi connectivity index (χ3v) is 4.59. The highest BCUT2D eigenvalue weighted by atomic mass is 32.1. The Hall–Kier alpha value is -2.21. The molecule has 1 aromatic carbocycles. The Morgan fingerprint density at radius 1 is 1.30 bits per heavy atom. The number of fused-ring (bicyclic) bond motifs is 1. The minimum absolute atomic E-state index is 0.386. The van der Waals surface area contributed by atoms with Crippen molar-refractivity contribution in [3.05, 3.63) is 35.2 Å². The molecule has 0 spiro atoms. The van der Waals surface area contributed by atoms with E-state index in [9.17, 15) is 4.79 Å². The van der Waals surface area contributed by atoms with E-state index in [1.807, 2.05) is 29.6 Å². The van der Waals surface area contributed by atoms with Crippen LogP contribution in [0.2, 0.25) is 0 Å². The zero-order chi connectivity index (χ0) is 16.2. The quantitative estimate of drug-likeness (QED) is 0.687. The highest BCUT2D eigenvalue weighted by Gasteiger charge is 2.21. The molecule has 5 nitrogen and oxygen atoms in total. The summed E-state index contributed by atoms with van der Waals surface area (Å²) in [6.45, 7) is 4.64. The summed E-state index contributed by atoms with van der Waals surface area (Å²) >= 11 is 1.47.